The molecule has 2 atom stereocenters. The summed E-state index contributed by atoms with van der Waals surface area (Å²) in [6, 6.07) is 14.1. The molecule has 0 amide bonds. The minimum absolute atomic E-state index is 0.0235. The minimum atomic E-state index is -0.181. The third kappa shape index (κ3) is 2.69. The molecule has 3 rings (SSSR count). The van der Waals surface area contributed by atoms with Crippen molar-refractivity contribution >= 4 is 43.5 Å². The van der Waals surface area contributed by atoms with Crippen LogP contribution in [-0.2, 0) is 6.42 Å². The van der Waals surface area contributed by atoms with Gasteiger partial charge < -0.3 is 4.74 Å². The van der Waals surface area contributed by atoms with Crippen molar-refractivity contribution in [1.82, 2.24) is 0 Å². The lowest BCUT2D eigenvalue weighted by Crippen LogP contribution is -2.19. The monoisotopic (exact) mass is 400 g/mol. The van der Waals surface area contributed by atoms with Crippen LogP contribution in [0, 0.1) is 0 Å². The maximum absolute atomic E-state index is 6.60. The van der Waals surface area contributed by atoms with Crippen LogP contribution in [0.5, 0.6) is 5.75 Å². The molecule has 0 aromatic heterocycles. The summed E-state index contributed by atoms with van der Waals surface area (Å²) in [6.07, 6.45) is 0.827. The van der Waals surface area contributed by atoms with Crippen LogP contribution >= 0.6 is 43.5 Å². The molecule has 1 nitrogen and oxygen atoms in total. The molecule has 0 aliphatic carbocycles. The molecule has 0 fully saturated rings. The Kier molecular flexibility index (Phi) is 3.88. The Morgan fingerprint density at radius 1 is 1.16 bits per heavy atom. The van der Waals surface area contributed by atoms with E-state index in [9.17, 15) is 0 Å². The van der Waals surface area contributed by atoms with Gasteiger partial charge in [0.1, 0.15) is 11.9 Å². The van der Waals surface area contributed by atoms with Crippen molar-refractivity contribution in [2.45, 2.75) is 17.9 Å². The Labute approximate surface area is 134 Å². The maximum Gasteiger partial charge on any atom is 0.123 e. The average molecular weight is 403 g/mol. The van der Waals surface area contributed by atoms with Crippen molar-refractivity contribution in [1.29, 1.82) is 0 Å². The number of ether oxygens (including phenoxy) is 1. The molecular formula is C15H11Br2ClO. The second-order valence-corrected chi connectivity index (χ2v) is 6.78. The minimum Gasteiger partial charge on any atom is -0.488 e. The summed E-state index contributed by atoms with van der Waals surface area (Å²) in [5.41, 5.74) is 2.28. The molecule has 2 unspecified atom stereocenters. The molecule has 0 radical (unpaired) electrons. The normalized spacial score (nSPS) is 18.8. The number of hydrogen-bond donors (Lipinski definition) is 0. The predicted molar refractivity (Wildman–Crippen MR) is 85.0 cm³/mol. The molecule has 2 aromatic carbocycles. The van der Waals surface area contributed by atoms with Gasteiger partial charge in [0.05, 0.1) is 5.38 Å². The first kappa shape index (κ1) is 13.5. The Bertz CT molecular complexity index is 590. The van der Waals surface area contributed by atoms with Crippen LogP contribution < -0.4 is 4.74 Å². The maximum atomic E-state index is 6.60. The number of rotatable bonds is 2. The Hall–Kier alpha value is -0.510. The third-order valence-electron chi connectivity index (χ3n) is 3.25. The topological polar surface area (TPSA) is 9.23 Å². The highest BCUT2D eigenvalue weighted by atomic mass is 79.9. The fourth-order valence-corrected chi connectivity index (χ4v) is 3.62. The number of benzene rings is 2. The van der Waals surface area contributed by atoms with E-state index in [4.69, 9.17) is 16.3 Å². The number of halogens is 3. The van der Waals surface area contributed by atoms with Gasteiger partial charge in [-0.1, -0.05) is 50.1 Å². The molecule has 0 spiro atoms. The van der Waals surface area contributed by atoms with Gasteiger partial charge in [0.2, 0.25) is 0 Å². The first-order chi connectivity index (χ1) is 9.15. The number of para-hydroxylation sites is 1. The van der Waals surface area contributed by atoms with Gasteiger partial charge in [-0.15, -0.1) is 11.6 Å². The van der Waals surface area contributed by atoms with E-state index in [1.54, 1.807) is 0 Å². The second-order valence-electron chi connectivity index (χ2n) is 4.54. The SMILES string of the molecule is ClC(c1cc(Br)ccc1Br)C1Cc2ccccc2O1. The molecule has 19 heavy (non-hydrogen) atoms. The van der Waals surface area contributed by atoms with E-state index in [1.807, 2.05) is 36.4 Å². The first-order valence-corrected chi connectivity index (χ1v) is 8.01. The van der Waals surface area contributed by atoms with Gasteiger partial charge in [0, 0.05) is 15.4 Å². The lowest BCUT2D eigenvalue weighted by molar-refractivity contribution is 0.227. The largest absolute Gasteiger partial charge is 0.488 e. The van der Waals surface area contributed by atoms with Gasteiger partial charge >= 0.3 is 0 Å². The van der Waals surface area contributed by atoms with Crippen LogP contribution in [0.25, 0.3) is 0 Å². The summed E-state index contributed by atoms with van der Waals surface area (Å²) in [5, 5.41) is -0.181. The smallest absolute Gasteiger partial charge is 0.123 e. The molecule has 0 N–H and O–H groups in total. The number of fused-ring (bicyclic) bond motifs is 1. The second kappa shape index (κ2) is 5.47. The van der Waals surface area contributed by atoms with E-state index in [1.165, 1.54) is 5.56 Å². The molecule has 0 saturated heterocycles. The summed E-state index contributed by atoms with van der Waals surface area (Å²) < 4.78 is 7.98. The van der Waals surface area contributed by atoms with Crippen LogP contribution in [0.1, 0.15) is 16.5 Å². The van der Waals surface area contributed by atoms with Gasteiger partial charge in [0.25, 0.3) is 0 Å². The van der Waals surface area contributed by atoms with E-state index in [-0.39, 0.29) is 11.5 Å². The van der Waals surface area contributed by atoms with Crippen molar-refractivity contribution in [2.24, 2.45) is 0 Å². The van der Waals surface area contributed by atoms with E-state index in [0.717, 1.165) is 26.7 Å². The highest BCUT2D eigenvalue weighted by Crippen LogP contribution is 2.40. The zero-order valence-electron chi connectivity index (χ0n) is 9.95. The standard InChI is InChI=1S/C15H11Br2ClO/c16-10-5-6-12(17)11(8-10)15(18)14-7-9-3-1-2-4-13(9)19-14/h1-6,8,14-15H,7H2. The van der Waals surface area contributed by atoms with Crippen molar-refractivity contribution < 1.29 is 4.74 Å². The molecule has 1 aliphatic heterocycles. The molecule has 0 saturated carbocycles. The van der Waals surface area contributed by atoms with Crippen molar-refractivity contribution in [3.63, 3.8) is 0 Å². The van der Waals surface area contributed by atoms with E-state index in [0.29, 0.717) is 0 Å². The van der Waals surface area contributed by atoms with Crippen LogP contribution in [-0.4, -0.2) is 6.10 Å². The van der Waals surface area contributed by atoms with E-state index in [2.05, 4.69) is 37.9 Å². The summed E-state index contributed by atoms with van der Waals surface area (Å²) in [5.74, 6) is 0.948. The van der Waals surface area contributed by atoms with Crippen LogP contribution in [0.4, 0.5) is 0 Å². The summed E-state index contributed by atoms with van der Waals surface area (Å²) >= 11 is 13.6. The summed E-state index contributed by atoms with van der Waals surface area (Å²) in [6.45, 7) is 0. The van der Waals surface area contributed by atoms with Gasteiger partial charge in [-0.2, -0.15) is 0 Å². The van der Waals surface area contributed by atoms with E-state index < -0.39 is 0 Å². The summed E-state index contributed by atoms with van der Waals surface area (Å²) in [4.78, 5) is 0. The first-order valence-electron chi connectivity index (χ1n) is 5.99. The predicted octanol–water partition coefficient (Wildman–Crippen LogP) is 5.50. The number of alkyl halides is 1. The fourth-order valence-electron chi connectivity index (χ4n) is 2.30. The molecule has 4 heteroatoms. The number of hydrogen-bond acceptors (Lipinski definition) is 1. The average Bonchev–Trinajstić information content (AvgIpc) is 2.84. The molecule has 1 aliphatic rings. The van der Waals surface area contributed by atoms with Gasteiger partial charge in [0.15, 0.2) is 0 Å². The Morgan fingerprint density at radius 2 is 1.95 bits per heavy atom. The summed E-state index contributed by atoms with van der Waals surface area (Å²) in [7, 11) is 0. The molecule has 98 valence electrons. The van der Waals surface area contributed by atoms with Crippen molar-refractivity contribution in [3.05, 3.63) is 62.5 Å². The van der Waals surface area contributed by atoms with Gasteiger partial charge in [-0.3, -0.25) is 0 Å². The van der Waals surface area contributed by atoms with Crippen LogP contribution in [0.3, 0.4) is 0 Å². The lowest BCUT2D eigenvalue weighted by Gasteiger charge is -2.19. The zero-order valence-corrected chi connectivity index (χ0v) is 13.9. The molecule has 2 aromatic rings. The molecule has 0 bridgehead atoms. The molecule has 1 heterocycles. The quantitative estimate of drug-likeness (QED) is 0.603. The van der Waals surface area contributed by atoms with E-state index >= 15 is 0 Å². The van der Waals surface area contributed by atoms with Gasteiger partial charge in [-0.25, -0.2) is 0 Å². The highest BCUT2D eigenvalue weighted by Gasteiger charge is 2.31. The zero-order chi connectivity index (χ0) is 13.4. The lowest BCUT2D eigenvalue weighted by atomic mass is 10.0. The highest BCUT2D eigenvalue weighted by molar-refractivity contribution is 9.11. The molecular weight excluding hydrogens is 391 g/mol. The van der Waals surface area contributed by atoms with Crippen LogP contribution in [0.2, 0.25) is 0 Å². The third-order valence-corrected chi connectivity index (χ3v) is 4.99. The fraction of sp³-hybridized carbons (Fsp3) is 0.200. The Balaban J connectivity index is 1.87. The van der Waals surface area contributed by atoms with Crippen molar-refractivity contribution in [2.75, 3.05) is 0 Å². The van der Waals surface area contributed by atoms with Crippen LogP contribution in [0.15, 0.2) is 51.4 Å². The Morgan fingerprint density at radius 3 is 2.74 bits per heavy atom. The van der Waals surface area contributed by atoms with Crippen molar-refractivity contribution in [3.8, 4) is 5.75 Å². The van der Waals surface area contributed by atoms with Gasteiger partial charge in [-0.05, 0) is 35.4 Å².